The Balaban J connectivity index is 2.30. The fourth-order valence-corrected chi connectivity index (χ4v) is 1.76. The number of hydrogen-bond acceptors (Lipinski definition) is 5. The van der Waals surface area contributed by atoms with Gasteiger partial charge in [-0.25, -0.2) is 0 Å². The maximum Gasteiger partial charge on any atom is 0.203 e. The average molecular weight is 297 g/mol. The van der Waals surface area contributed by atoms with Crippen LogP contribution in [0.25, 0.3) is 0 Å². The van der Waals surface area contributed by atoms with Gasteiger partial charge in [0.15, 0.2) is 11.5 Å². The first-order chi connectivity index (χ1) is 9.98. The van der Waals surface area contributed by atoms with Crippen LogP contribution in [0.1, 0.15) is 20.8 Å². The summed E-state index contributed by atoms with van der Waals surface area (Å²) in [5, 5.41) is 3.36. The van der Waals surface area contributed by atoms with Crippen molar-refractivity contribution < 1.29 is 18.9 Å². The molecule has 0 spiro atoms. The Morgan fingerprint density at radius 1 is 0.952 bits per heavy atom. The summed E-state index contributed by atoms with van der Waals surface area (Å²) < 4.78 is 21.8. The zero-order chi connectivity index (χ0) is 15.7. The summed E-state index contributed by atoms with van der Waals surface area (Å²) in [6.45, 7) is 8.84. The van der Waals surface area contributed by atoms with Gasteiger partial charge in [0.25, 0.3) is 0 Å². The smallest absolute Gasteiger partial charge is 0.203 e. The summed E-state index contributed by atoms with van der Waals surface area (Å²) in [6, 6.07) is 5.54. The van der Waals surface area contributed by atoms with Crippen molar-refractivity contribution in [1.29, 1.82) is 0 Å². The molecule has 0 aliphatic carbocycles. The molecule has 1 N–H and O–H groups in total. The predicted octanol–water partition coefficient (Wildman–Crippen LogP) is 2.49. The maximum atomic E-state index is 5.70. The molecular weight excluding hydrogens is 270 g/mol. The molecule has 1 aromatic rings. The molecule has 0 aliphatic rings. The molecule has 21 heavy (non-hydrogen) atoms. The SMILES string of the molecule is COc1cccc(OC)c1OCCOCCNC(C)(C)C. The van der Waals surface area contributed by atoms with Crippen LogP contribution in [0.2, 0.25) is 0 Å². The van der Waals surface area contributed by atoms with Crippen molar-refractivity contribution >= 4 is 0 Å². The molecule has 0 amide bonds. The lowest BCUT2D eigenvalue weighted by molar-refractivity contribution is 0.0963. The van der Waals surface area contributed by atoms with E-state index in [1.807, 2.05) is 18.2 Å². The van der Waals surface area contributed by atoms with Crippen LogP contribution in [0, 0.1) is 0 Å². The highest BCUT2D eigenvalue weighted by Crippen LogP contribution is 2.36. The molecule has 0 atom stereocenters. The van der Waals surface area contributed by atoms with Crippen LogP contribution in [0.4, 0.5) is 0 Å². The summed E-state index contributed by atoms with van der Waals surface area (Å²) in [4.78, 5) is 0. The van der Waals surface area contributed by atoms with Crippen molar-refractivity contribution in [2.24, 2.45) is 0 Å². The molecule has 0 fully saturated rings. The van der Waals surface area contributed by atoms with Gasteiger partial charge in [-0.2, -0.15) is 0 Å². The van der Waals surface area contributed by atoms with Crippen LogP contribution in [0.5, 0.6) is 17.2 Å². The van der Waals surface area contributed by atoms with Crippen LogP contribution in [-0.4, -0.2) is 46.1 Å². The lowest BCUT2D eigenvalue weighted by Gasteiger charge is -2.20. The van der Waals surface area contributed by atoms with Gasteiger partial charge < -0.3 is 24.3 Å². The molecule has 0 unspecified atom stereocenters. The highest BCUT2D eigenvalue weighted by Gasteiger charge is 2.11. The third-order valence-corrected chi connectivity index (χ3v) is 2.76. The summed E-state index contributed by atoms with van der Waals surface area (Å²) >= 11 is 0. The van der Waals surface area contributed by atoms with E-state index in [2.05, 4.69) is 26.1 Å². The van der Waals surface area contributed by atoms with Crippen LogP contribution < -0.4 is 19.5 Å². The van der Waals surface area contributed by atoms with E-state index in [1.165, 1.54) is 0 Å². The van der Waals surface area contributed by atoms with Crippen molar-refractivity contribution in [2.75, 3.05) is 40.6 Å². The highest BCUT2D eigenvalue weighted by molar-refractivity contribution is 5.51. The Hall–Kier alpha value is -1.46. The first-order valence-corrected chi connectivity index (χ1v) is 7.14. The Bertz CT molecular complexity index is 393. The molecule has 0 radical (unpaired) electrons. The van der Waals surface area contributed by atoms with E-state index >= 15 is 0 Å². The van der Waals surface area contributed by atoms with Crippen molar-refractivity contribution in [3.05, 3.63) is 18.2 Å². The Morgan fingerprint density at radius 2 is 1.57 bits per heavy atom. The van der Waals surface area contributed by atoms with Gasteiger partial charge in [-0.3, -0.25) is 0 Å². The average Bonchev–Trinajstić information content (AvgIpc) is 2.44. The van der Waals surface area contributed by atoms with Crippen LogP contribution >= 0.6 is 0 Å². The van der Waals surface area contributed by atoms with E-state index in [0.717, 1.165) is 6.54 Å². The Kier molecular flexibility index (Phi) is 7.32. The minimum Gasteiger partial charge on any atom is -0.493 e. The standard InChI is InChI=1S/C16H27NO4/c1-16(2,3)17-9-10-20-11-12-21-15-13(18-4)7-6-8-14(15)19-5/h6-8,17H,9-12H2,1-5H3. The number of benzene rings is 1. The zero-order valence-electron chi connectivity index (χ0n) is 13.7. The van der Waals surface area contributed by atoms with Gasteiger partial charge in [-0.05, 0) is 32.9 Å². The number of hydrogen-bond donors (Lipinski definition) is 1. The van der Waals surface area contributed by atoms with E-state index < -0.39 is 0 Å². The number of methoxy groups -OCH3 is 2. The molecule has 0 aliphatic heterocycles. The third-order valence-electron chi connectivity index (χ3n) is 2.76. The molecule has 5 nitrogen and oxygen atoms in total. The second kappa shape index (κ2) is 8.74. The van der Waals surface area contributed by atoms with Crippen LogP contribution in [0.15, 0.2) is 18.2 Å². The van der Waals surface area contributed by atoms with Gasteiger partial charge in [0.05, 0.1) is 27.4 Å². The van der Waals surface area contributed by atoms with Crippen LogP contribution in [0.3, 0.4) is 0 Å². The molecule has 1 aromatic carbocycles. The molecule has 5 heteroatoms. The van der Waals surface area contributed by atoms with E-state index in [1.54, 1.807) is 14.2 Å². The Morgan fingerprint density at radius 3 is 2.10 bits per heavy atom. The van der Waals surface area contributed by atoms with Gasteiger partial charge in [-0.15, -0.1) is 0 Å². The van der Waals surface area contributed by atoms with E-state index in [-0.39, 0.29) is 5.54 Å². The van der Waals surface area contributed by atoms with Crippen molar-refractivity contribution in [1.82, 2.24) is 5.32 Å². The molecular formula is C16H27NO4. The number of rotatable bonds is 9. The second-order valence-electron chi connectivity index (χ2n) is 5.63. The van der Waals surface area contributed by atoms with E-state index in [9.17, 15) is 0 Å². The lowest BCUT2D eigenvalue weighted by Crippen LogP contribution is -2.38. The minimum absolute atomic E-state index is 0.116. The van der Waals surface area contributed by atoms with Crippen molar-refractivity contribution in [2.45, 2.75) is 26.3 Å². The van der Waals surface area contributed by atoms with Gasteiger partial charge >= 0.3 is 0 Å². The molecule has 1 rings (SSSR count). The summed E-state index contributed by atoms with van der Waals surface area (Å²) in [6.07, 6.45) is 0. The third kappa shape index (κ3) is 6.69. The lowest BCUT2D eigenvalue weighted by atomic mass is 10.1. The maximum absolute atomic E-state index is 5.70. The van der Waals surface area contributed by atoms with E-state index in [4.69, 9.17) is 18.9 Å². The van der Waals surface area contributed by atoms with E-state index in [0.29, 0.717) is 37.1 Å². The quantitative estimate of drug-likeness (QED) is 0.710. The Labute approximate surface area is 127 Å². The summed E-state index contributed by atoms with van der Waals surface area (Å²) in [5.74, 6) is 1.92. The molecule has 0 saturated carbocycles. The van der Waals surface area contributed by atoms with Gasteiger partial charge in [0.2, 0.25) is 5.75 Å². The van der Waals surface area contributed by atoms with Gasteiger partial charge in [-0.1, -0.05) is 6.07 Å². The van der Waals surface area contributed by atoms with Gasteiger partial charge in [0.1, 0.15) is 6.61 Å². The molecule has 0 aromatic heterocycles. The highest BCUT2D eigenvalue weighted by atomic mass is 16.6. The molecule has 0 heterocycles. The van der Waals surface area contributed by atoms with Crippen molar-refractivity contribution in [3.8, 4) is 17.2 Å². The fourth-order valence-electron chi connectivity index (χ4n) is 1.76. The predicted molar refractivity (Wildman–Crippen MR) is 83.6 cm³/mol. The summed E-state index contributed by atoms with van der Waals surface area (Å²) in [5.41, 5.74) is 0.116. The normalized spacial score (nSPS) is 11.3. The molecule has 0 saturated heterocycles. The number of ether oxygens (including phenoxy) is 4. The largest absolute Gasteiger partial charge is 0.493 e. The minimum atomic E-state index is 0.116. The molecule has 0 bridgehead atoms. The number of para-hydroxylation sites is 1. The molecule has 120 valence electrons. The van der Waals surface area contributed by atoms with Crippen molar-refractivity contribution in [3.63, 3.8) is 0 Å². The first kappa shape index (κ1) is 17.6. The monoisotopic (exact) mass is 297 g/mol. The summed E-state index contributed by atoms with van der Waals surface area (Å²) in [7, 11) is 3.21. The first-order valence-electron chi connectivity index (χ1n) is 7.14. The van der Waals surface area contributed by atoms with Crippen LogP contribution in [-0.2, 0) is 4.74 Å². The fraction of sp³-hybridized carbons (Fsp3) is 0.625. The second-order valence-corrected chi connectivity index (χ2v) is 5.63. The zero-order valence-corrected chi connectivity index (χ0v) is 13.7. The van der Waals surface area contributed by atoms with Gasteiger partial charge in [0, 0.05) is 12.1 Å². The topological polar surface area (TPSA) is 49.0 Å². The number of nitrogens with one attached hydrogen (secondary N) is 1.